The minimum absolute atomic E-state index is 0.00804. The number of benzene rings is 5. The van der Waals surface area contributed by atoms with Gasteiger partial charge in [0.15, 0.2) is 0 Å². The third-order valence-corrected chi connectivity index (χ3v) is 20.7. The van der Waals surface area contributed by atoms with Crippen LogP contribution in [0, 0.1) is 17.8 Å². The van der Waals surface area contributed by atoms with Gasteiger partial charge in [0, 0.05) is 52.2 Å². The number of nitrogens with zero attached hydrogens (tertiary/aromatic N) is 4. The summed E-state index contributed by atoms with van der Waals surface area (Å²) >= 11 is 0. The number of hydrogen-bond donors (Lipinski definition) is 0. The van der Waals surface area contributed by atoms with Gasteiger partial charge in [0.25, 0.3) is 0 Å². The highest BCUT2D eigenvalue weighted by atomic mass is 19.4. The maximum atomic E-state index is 15.5. The fourth-order valence-electron chi connectivity index (χ4n) is 16.7. The van der Waals surface area contributed by atoms with Crippen molar-refractivity contribution < 1.29 is 13.2 Å². The molecule has 8 atom stereocenters. The summed E-state index contributed by atoms with van der Waals surface area (Å²) in [6, 6.07) is 42.1. The van der Waals surface area contributed by atoms with Gasteiger partial charge in [-0.15, -0.1) is 0 Å². The molecule has 14 aliphatic rings. The highest BCUT2D eigenvalue weighted by molar-refractivity contribution is 5.99. The average molecular weight is 1080 g/mol. The first-order valence-electron chi connectivity index (χ1n) is 29.9. The van der Waals surface area contributed by atoms with Gasteiger partial charge in [0.1, 0.15) is 0 Å². The van der Waals surface area contributed by atoms with E-state index in [1.54, 1.807) is 0 Å². The highest BCUT2D eigenvalue weighted by Gasteiger charge is 2.56. The minimum Gasteiger partial charge on any atom is -0.333 e. The number of pyridine rings is 2. The van der Waals surface area contributed by atoms with Crippen molar-refractivity contribution in [3.8, 4) is 33.6 Å². The van der Waals surface area contributed by atoms with Crippen LogP contribution in [0.1, 0.15) is 107 Å². The molecule has 0 saturated heterocycles. The summed E-state index contributed by atoms with van der Waals surface area (Å²) in [5.41, 5.74) is 23.8. The normalized spacial score (nSPS) is 26.4. The first-order valence-corrected chi connectivity index (χ1v) is 29.9. The van der Waals surface area contributed by atoms with Gasteiger partial charge < -0.3 is 9.80 Å². The van der Waals surface area contributed by atoms with E-state index in [2.05, 4.69) is 211 Å². The van der Waals surface area contributed by atoms with E-state index in [0.717, 1.165) is 106 Å². The average Bonchev–Trinajstić information content (AvgIpc) is 1.89. The number of alkyl halides is 3. The number of anilines is 4. The lowest BCUT2D eigenvalue weighted by Crippen LogP contribution is -2.35. The van der Waals surface area contributed by atoms with E-state index in [4.69, 9.17) is 9.97 Å². The molecule has 12 bridgehead atoms. The van der Waals surface area contributed by atoms with Gasteiger partial charge in [0.05, 0.1) is 34.4 Å². The van der Waals surface area contributed by atoms with Gasteiger partial charge in [-0.1, -0.05) is 147 Å². The molecule has 1 saturated carbocycles. The van der Waals surface area contributed by atoms with Gasteiger partial charge >= 0.3 is 6.18 Å². The Labute approximate surface area is 481 Å². The Bertz CT molecular complexity index is 4400. The second-order valence-corrected chi connectivity index (χ2v) is 24.9. The van der Waals surface area contributed by atoms with Crippen molar-refractivity contribution in [1.29, 1.82) is 0 Å². The van der Waals surface area contributed by atoms with E-state index in [-0.39, 0.29) is 23.9 Å². The van der Waals surface area contributed by atoms with Crippen LogP contribution in [0.2, 0.25) is 0 Å². The Morgan fingerprint density at radius 1 is 0.578 bits per heavy atom. The fourth-order valence-corrected chi connectivity index (χ4v) is 16.7. The standard InChI is InChI=1S/C76H57F3N4/c1-43-16-18-46(19-17-43)49-22-30-70-62(34-49)61-32-47(44-10-4-2-5-11-44)20-28-69(61)82(70)53-24-26-57-58-27-25-54-39-66(58)75(65(57)38-53)67-36-51(41-80-73(67)74-68(75)37-52(42-81-74)76(77,78)79)59-40-60-55(14-8-9-15-56(59)60)50-23-31-72-64(35-50)63-33-48(21-29-71(63)83(54)72)45-12-6-3-7-13-45/h2,4-6,8-14,16,18-28,30-39,41-43,56,59-60,62,70-71H,3,7,15,17,29,40H2,1H3. The number of halogens is 3. The largest absolute Gasteiger partial charge is 0.417 e. The molecule has 8 aliphatic carbocycles. The van der Waals surface area contributed by atoms with Crippen LogP contribution in [-0.4, -0.2) is 22.1 Å². The second kappa shape index (κ2) is 17.4. The summed E-state index contributed by atoms with van der Waals surface area (Å²) < 4.78 is 46.6. The molecule has 8 unspecified atom stereocenters. The van der Waals surface area contributed by atoms with Crippen molar-refractivity contribution in [2.45, 2.75) is 81.0 Å². The van der Waals surface area contributed by atoms with E-state index in [1.165, 1.54) is 61.8 Å². The number of allylic oxidation sites excluding steroid dienone is 16. The lowest BCUT2D eigenvalue weighted by molar-refractivity contribution is -0.137. The zero-order chi connectivity index (χ0) is 55.0. The van der Waals surface area contributed by atoms with E-state index in [9.17, 15) is 0 Å². The Morgan fingerprint density at radius 2 is 1.34 bits per heavy atom. The predicted molar refractivity (Wildman–Crippen MR) is 328 cm³/mol. The smallest absolute Gasteiger partial charge is 0.333 e. The first-order chi connectivity index (χ1) is 40.7. The molecule has 7 heteroatoms. The first kappa shape index (κ1) is 47.8. The van der Waals surface area contributed by atoms with E-state index < -0.39 is 17.2 Å². The summed E-state index contributed by atoms with van der Waals surface area (Å²) in [7, 11) is 0. The van der Waals surface area contributed by atoms with Crippen LogP contribution in [0.3, 0.4) is 0 Å². The molecule has 4 nitrogen and oxygen atoms in total. The van der Waals surface area contributed by atoms with E-state index >= 15 is 13.2 Å². The van der Waals surface area contributed by atoms with E-state index in [1.807, 2.05) is 6.20 Å². The second-order valence-electron chi connectivity index (χ2n) is 24.9. The zero-order valence-electron chi connectivity index (χ0n) is 45.9. The molecule has 0 N–H and O–H groups in total. The molecule has 1 fully saturated rings. The third kappa shape index (κ3) is 6.76. The monoisotopic (exact) mass is 1080 g/mol. The Balaban J connectivity index is 0.876. The molecule has 402 valence electrons. The van der Waals surface area contributed by atoms with Crippen LogP contribution in [0.4, 0.5) is 35.9 Å². The summed E-state index contributed by atoms with van der Waals surface area (Å²) in [5, 5.41) is 0. The number of hydrogen-bond acceptors (Lipinski definition) is 4. The molecule has 5 aromatic carbocycles. The molecule has 21 rings (SSSR count). The molecule has 2 aromatic heterocycles. The molecular formula is C76H57F3N4. The highest BCUT2D eigenvalue weighted by Crippen LogP contribution is 2.66. The maximum absolute atomic E-state index is 15.5. The molecule has 0 radical (unpaired) electrons. The summed E-state index contributed by atoms with van der Waals surface area (Å²) in [6.45, 7) is 2.26. The van der Waals surface area contributed by atoms with Crippen molar-refractivity contribution in [2.24, 2.45) is 17.8 Å². The molecule has 1 spiro atoms. The van der Waals surface area contributed by atoms with Crippen molar-refractivity contribution in [3.63, 3.8) is 0 Å². The topological polar surface area (TPSA) is 32.3 Å². The van der Waals surface area contributed by atoms with Crippen LogP contribution >= 0.6 is 0 Å². The number of aromatic nitrogens is 2. The maximum Gasteiger partial charge on any atom is 0.417 e. The van der Waals surface area contributed by atoms with Crippen LogP contribution in [0.5, 0.6) is 0 Å². The van der Waals surface area contributed by atoms with Crippen molar-refractivity contribution in [2.75, 3.05) is 9.80 Å². The van der Waals surface area contributed by atoms with Gasteiger partial charge in [-0.05, 0) is 212 Å². The van der Waals surface area contributed by atoms with Crippen LogP contribution in [0.15, 0.2) is 235 Å². The SMILES string of the molecule is CC1C=CC(C2=CC3c4cc(-c5ccccc5)ccc4N(c4ccc5c(c4)C46c7cc(ccc7-5)N5c7ccc(cc7C7=CC(C8=CCCC=C8)=CCC75)C5=CC=CCC7C5CC7c5cnc(c4c5)-c4ncc(C(F)(F)F)cc46)C3C=C2)=CC1. The number of fused-ring (bicyclic) bond motifs is 8. The van der Waals surface area contributed by atoms with Gasteiger partial charge in [0.2, 0.25) is 0 Å². The van der Waals surface area contributed by atoms with Crippen molar-refractivity contribution in [3.05, 3.63) is 285 Å². The number of rotatable bonds is 4. The molecule has 83 heavy (non-hydrogen) atoms. The summed E-state index contributed by atoms with van der Waals surface area (Å²) in [5.74, 6) is 1.40. The van der Waals surface area contributed by atoms with Crippen molar-refractivity contribution in [1.82, 2.24) is 9.97 Å². The molecule has 6 aliphatic heterocycles. The Hall–Kier alpha value is -8.81. The van der Waals surface area contributed by atoms with Crippen LogP contribution in [-0.2, 0) is 11.6 Å². The van der Waals surface area contributed by atoms with Gasteiger partial charge in [-0.3, -0.25) is 9.97 Å². The molecule has 0 amide bonds. The van der Waals surface area contributed by atoms with Gasteiger partial charge in [-0.2, -0.15) is 13.2 Å². The van der Waals surface area contributed by atoms with Crippen molar-refractivity contribution >= 4 is 33.9 Å². The summed E-state index contributed by atoms with van der Waals surface area (Å²) in [6.07, 6.45) is 37.1. The summed E-state index contributed by atoms with van der Waals surface area (Å²) in [4.78, 5) is 15.3. The lowest BCUT2D eigenvalue weighted by atomic mass is 9.58. The zero-order valence-corrected chi connectivity index (χ0v) is 45.9. The van der Waals surface area contributed by atoms with Crippen LogP contribution < -0.4 is 9.80 Å². The third-order valence-electron chi connectivity index (χ3n) is 20.7. The lowest BCUT2D eigenvalue weighted by Gasteiger charge is -2.46. The molecule has 8 heterocycles. The molecule has 7 aromatic rings. The Kier molecular flexibility index (Phi) is 10.0. The Morgan fingerprint density at radius 3 is 2.13 bits per heavy atom. The van der Waals surface area contributed by atoms with Gasteiger partial charge in [-0.25, -0.2) is 0 Å². The molecular weight excluding hydrogens is 1030 g/mol. The predicted octanol–water partition coefficient (Wildman–Crippen LogP) is 18.7. The minimum atomic E-state index is -4.64. The fraction of sp³-hybridized carbons (Fsp3) is 0.211. The quantitative estimate of drug-likeness (QED) is 0.176. The van der Waals surface area contributed by atoms with E-state index in [0.29, 0.717) is 34.7 Å². The van der Waals surface area contributed by atoms with Crippen LogP contribution in [0.25, 0.3) is 44.8 Å².